The third-order valence-electron chi connectivity index (χ3n) is 6.81. The van der Waals surface area contributed by atoms with Crippen LogP contribution in [-0.4, -0.2) is 23.8 Å². The molecule has 2 aliphatic rings. The van der Waals surface area contributed by atoms with E-state index in [2.05, 4.69) is 5.32 Å². The molecule has 1 heterocycles. The Morgan fingerprint density at radius 3 is 2.54 bits per heavy atom. The van der Waals surface area contributed by atoms with Crippen LogP contribution in [0.1, 0.15) is 56.2 Å². The van der Waals surface area contributed by atoms with E-state index in [0.29, 0.717) is 29.0 Å². The molecule has 8 nitrogen and oxygen atoms in total. The first-order valence-corrected chi connectivity index (χ1v) is 12.1. The van der Waals surface area contributed by atoms with Crippen molar-refractivity contribution in [3.05, 3.63) is 91.8 Å². The second-order valence-corrected chi connectivity index (χ2v) is 10.4. The van der Waals surface area contributed by atoms with E-state index < -0.39 is 34.2 Å². The Labute approximate surface area is 222 Å². The number of dihydropyridines is 1. The number of nitrogens with zero attached hydrogens (tertiary/aromatic N) is 1. The van der Waals surface area contributed by atoms with E-state index in [0.717, 1.165) is 12.1 Å². The van der Waals surface area contributed by atoms with Gasteiger partial charge in [0.05, 0.1) is 23.2 Å². The lowest BCUT2D eigenvalue weighted by molar-refractivity contribution is -0.386. The summed E-state index contributed by atoms with van der Waals surface area (Å²) in [6.45, 7) is 5.26. The Morgan fingerprint density at radius 2 is 1.90 bits per heavy atom. The van der Waals surface area contributed by atoms with Crippen LogP contribution in [0.3, 0.4) is 0 Å². The van der Waals surface area contributed by atoms with E-state index in [-0.39, 0.29) is 41.1 Å². The number of nitro benzene ring substituents is 1. The fourth-order valence-electron chi connectivity index (χ4n) is 5.13. The molecule has 11 heteroatoms. The summed E-state index contributed by atoms with van der Waals surface area (Å²) in [6.07, 6.45) is -3.77. The van der Waals surface area contributed by atoms with Crippen molar-refractivity contribution in [2.24, 2.45) is 5.41 Å². The van der Waals surface area contributed by atoms with E-state index in [4.69, 9.17) is 9.47 Å². The fraction of sp³-hybridized carbons (Fsp3) is 0.357. The number of carbonyl (C=O) groups is 2. The van der Waals surface area contributed by atoms with Crippen molar-refractivity contribution in [3.8, 4) is 5.75 Å². The molecule has 1 unspecified atom stereocenters. The molecule has 0 saturated heterocycles. The van der Waals surface area contributed by atoms with Crippen molar-refractivity contribution >= 4 is 17.4 Å². The summed E-state index contributed by atoms with van der Waals surface area (Å²) in [5.74, 6) is -1.93. The number of nitro groups is 1. The monoisotopic (exact) mass is 544 g/mol. The van der Waals surface area contributed by atoms with Crippen LogP contribution in [0.25, 0.3) is 0 Å². The van der Waals surface area contributed by atoms with Gasteiger partial charge in [0.2, 0.25) is 0 Å². The Hall–Kier alpha value is -4.15. The molecule has 0 fully saturated rings. The predicted octanol–water partition coefficient (Wildman–Crippen LogP) is 5.97. The molecule has 2 aromatic carbocycles. The molecule has 0 amide bonds. The third-order valence-corrected chi connectivity index (χ3v) is 6.81. The minimum absolute atomic E-state index is 0.163. The van der Waals surface area contributed by atoms with E-state index in [1.54, 1.807) is 6.92 Å². The van der Waals surface area contributed by atoms with Crippen LogP contribution < -0.4 is 10.1 Å². The topological polar surface area (TPSA) is 108 Å². The molecule has 1 aliphatic carbocycles. The van der Waals surface area contributed by atoms with Crippen LogP contribution in [0.4, 0.5) is 18.9 Å². The molecule has 1 N–H and O–H groups in total. The molecule has 0 radical (unpaired) electrons. The average molecular weight is 545 g/mol. The van der Waals surface area contributed by atoms with Crippen LogP contribution in [0, 0.1) is 15.5 Å². The maximum atomic E-state index is 13.3. The summed E-state index contributed by atoms with van der Waals surface area (Å²) < 4.78 is 49.7. The quantitative estimate of drug-likeness (QED) is 0.271. The summed E-state index contributed by atoms with van der Waals surface area (Å²) >= 11 is 0. The smallest absolute Gasteiger partial charge is 0.416 e. The number of carbonyl (C=O) groups excluding carboxylic acids is 2. The Kier molecular flexibility index (Phi) is 7.29. The number of hydrogen-bond donors (Lipinski definition) is 1. The number of rotatable bonds is 6. The van der Waals surface area contributed by atoms with Gasteiger partial charge in [-0.25, -0.2) is 4.79 Å². The average Bonchev–Trinajstić information content (AvgIpc) is 2.85. The number of alkyl halides is 3. The van der Waals surface area contributed by atoms with E-state index in [1.165, 1.54) is 37.4 Å². The van der Waals surface area contributed by atoms with E-state index >= 15 is 0 Å². The van der Waals surface area contributed by atoms with E-state index in [9.17, 15) is 32.9 Å². The molecule has 206 valence electrons. The van der Waals surface area contributed by atoms with Crippen molar-refractivity contribution in [2.75, 3.05) is 7.11 Å². The predicted molar refractivity (Wildman–Crippen MR) is 135 cm³/mol. The molecule has 0 spiro atoms. The first-order valence-electron chi connectivity index (χ1n) is 12.1. The van der Waals surface area contributed by atoms with E-state index in [1.807, 2.05) is 13.8 Å². The number of methoxy groups -OCH3 is 1. The maximum absolute atomic E-state index is 13.3. The number of ketones is 1. The minimum Gasteiger partial charge on any atom is -0.482 e. The summed E-state index contributed by atoms with van der Waals surface area (Å²) in [4.78, 5) is 37.5. The molecule has 0 saturated carbocycles. The fourth-order valence-corrected chi connectivity index (χ4v) is 5.13. The van der Waals surface area contributed by atoms with Crippen molar-refractivity contribution < 1.29 is 37.2 Å². The highest BCUT2D eigenvalue weighted by atomic mass is 19.4. The number of hydrogen-bond acceptors (Lipinski definition) is 7. The third kappa shape index (κ3) is 5.67. The molecule has 39 heavy (non-hydrogen) atoms. The van der Waals surface area contributed by atoms with Gasteiger partial charge in [0, 0.05) is 35.4 Å². The second kappa shape index (κ2) is 10.2. The Bertz CT molecular complexity index is 1420. The molecule has 0 bridgehead atoms. The number of halogens is 3. The molecule has 0 aromatic heterocycles. The Morgan fingerprint density at radius 1 is 1.18 bits per heavy atom. The van der Waals surface area contributed by atoms with Gasteiger partial charge in [0.1, 0.15) is 6.61 Å². The maximum Gasteiger partial charge on any atom is 0.416 e. The normalized spacial score (nSPS) is 18.8. The SMILES string of the molecule is COC(=O)C1=C(C)NC2=C(C(=O)CC(C)(C)C2)C1c1ccc(OCc2cccc(C(F)(F)F)c2)c([N+](=O)[O-])c1. The number of benzene rings is 2. The lowest BCUT2D eigenvalue weighted by Gasteiger charge is -2.39. The zero-order valence-corrected chi connectivity index (χ0v) is 21.8. The first-order chi connectivity index (χ1) is 18.2. The lowest BCUT2D eigenvalue weighted by Crippen LogP contribution is -2.38. The highest BCUT2D eigenvalue weighted by molar-refractivity contribution is 6.04. The summed E-state index contributed by atoms with van der Waals surface area (Å²) in [5, 5.41) is 15.2. The van der Waals surface area contributed by atoms with Gasteiger partial charge < -0.3 is 14.8 Å². The van der Waals surface area contributed by atoms with Gasteiger partial charge in [-0.15, -0.1) is 0 Å². The zero-order chi connectivity index (χ0) is 28.7. The number of allylic oxidation sites excluding steroid dienone is 3. The van der Waals surface area contributed by atoms with Crippen LogP contribution in [-0.2, 0) is 27.1 Å². The molecule has 1 atom stereocenters. The largest absolute Gasteiger partial charge is 0.482 e. The summed E-state index contributed by atoms with van der Waals surface area (Å²) in [5.41, 5.74) is 0.509. The van der Waals surface area contributed by atoms with Crippen LogP contribution in [0.15, 0.2) is 65.0 Å². The van der Waals surface area contributed by atoms with Gasteiger partial charge in [0.25, 0.3) is 0 Å². The van der Waals surface area contributed by atoms with Crippen molar-refractivity contribution in [2.45, 2.75) is 52.3 Å². The van der Waals surface area contributed by atoms with Gasteiger partial charge in [-0.1, -0.05) is 32.0 Å². The van der Waals surface area contributed by atoms with Crippen LogP contribution in [0.5, 0.6) is 5.75 Å². The van der Waals surface area contributed by atoms with Gasteiger partial charge in [-0.2, -0.15) is 13.2 Å². The van der Waals surface area contributed by atoms with Crippen molar-refractivity contribution in [1.82, 2.24) is 5.32 Å². The van der Waals surface area contributed by atoms with Gasteiger partial charge in [-0.05, 0) is 48.1 Å². The number of nitrogens with one attached hydrogen (secondary N) is 1. The van der Waals surface area contributed by atoms with Gasteiger partial charge in [-0.3, -0.25) is 14.9 Å². The van der Waals surface area contributed by atoms with Gasteiger partial charge >= 0.3 is 17.8 Å². The van der Waals surface area contributed by atoms with Crippen molar-refractivity contribution in [1.29, 1.82) is 0 Å². The summed E-state index contributed by atoms with van der Waals surface area (Å²) in [6, 6.07) is 8.55. The molecular formula is C28H27F3N2O6. The minimum atomic E-state index is -4.54. The molecular weight excluding hydrogens is 517 g/mol. The highest BCUT2D eigenvalue weighted by Crippen LogP contribution is 2.48. The molecule has 2 aromatic rings. The van der Waals surface area contributed by atoms with Crippen LogP contribution >= 0.6 is 0 Å². The summed E-state index contributed by atoms with van der Waals surface area (Å²) in [7, 11) is 1.21. The number of esters is 1. The second-order valence-electron chi connectivity index (χ2n) is 10.4. The molecule has 1 aliphatic heterocycles. The van der Waals surface area contributed by atoms with Crippen LogP contribution in [0.2, 0.25) is 0 Å². The lowest BCUT2D eigenvalue weighted by atomic mass is 9.68. The zero-order valence-electron chi connectivity index (χ0n) is 21.8. The van der Waals surface area contributed by atoms with Gasteiger partial charge in [0.15, 0.2) is 11.5 Å². The number of ether oxygens (including phenoxy) is 2. The number of Topliss-reactive ketones (excluding diaryl/α,β-unsaturated/α-hetero) is 1. The van der Waals surface area contributed by atoms with Crippen molar-refractivity contribution in [3.63, 3.8) is 0 Å². The molecule has 4 rings (SSSR count). The highest BCUT2D eigenvalue weighted by Gasteiger charge is 2.43. The Balaban J connectivity index is 1.75. The first kappa shape index (κ1) is 27.9. The standard InChI is InChI=1S/C28H27F3N2O6/c1-15-23(26(35)38-4)24(25-19(32-15)12-27(2,3)13-21(25)34)17-8-9-22(20(11-17)33(36)37)39-14-16-6-5-7-18(10-16)28(29,30)31/h5-11,24,32H,12-14H2,1-4H3.